The van der Waals surface area contributed by atoms with E-state index in [-0.39, 0.29) is 0 Å². The molecule has 0 aromatic heterocycles. The summed E-state index contributed by atoms with van der Waals surface area (Å²) in [5.41, 5.74) is 5.65. The third-order valence-corrected chi connectivity index (χ3v) is 3.68. The summed E-state index contributed by atoms with van der Waals surface area (Å²) in [6.45, 7) is 8.07. The maximum Gasteiger partial charge on any atom is 0.405 e. The molecule has 0 aromatic carbocycles. The highest BCUT2D eigenvalue weighted by atomic mass is 19.4. The van der Waals surface area contributed by atoms with E-state index in [9.17, 15) is 13.2 Å². The highest BCUT2D eigenvalue weighted by molar-refractivity contribution is 4.90. The lowest BCUT2D eigenvalue weighted by molar-refractivity contribution is -0.193. The first-order valence-corrected chi connectivity index (χ1v) is 6.57. The molecule has 6 heteroatoms. The molecule has 1 rings (SSSR count). The summed E-state index contributed by atoms with van der Waals surface area (Å²) in [7, 11) is 0. The van der Waals surface area contributed by atoms with Gasteiger partial charge in [0, 0.05) is 38.3 Å². The fourth-order valence-electron chi connectivity index (χ4n) is 2.48. The van der Waals surface area contributed by atoms with Gasteiger partial charge < -0.3 is 5.73 Å². The summed E-state index contributed by atoms with van der Waals surface area (Å²) in [4.78, 5) is 3.69. The Labute approximate surface area is 107 Å². The van der Waals surface area contributed by atoms with Gasteiger partial charge in [0.05, 0.1) is 0 Å². The standard InChI is InChI=1S/C12H24F3N3/c1-4-10(16)11(12(13,14)15)18-7-5-17(6-8-18)9(2)3/h9-11H,4-8,16H2,1-3H3. The van der Waals surface area contributed by atoms with E-state index < -0.39 is 18.3 Å². The zero-order chi connectivity index (χ0) is 13.9. The van der Waals surface area contributed by atoms with Crippen LogP contribution in [0.25, 0.3) is 0 Å². The second-order valence-corrected chi connectivity index (χ2v) is 5.22. The smallest absolute Gasteiger partial charge is 0.326 e. The summed E-state index contributed by atoms with van der Waals surface area (Å²) in [6, 6.07) is -1.95. The molecule has 2 atom stereocenters. The molecule has 0 aliphatic carbocycles. The maximum atomic E-state index is 13.1. The largest absolute Gasteiger partial charge is 0.405 e. The molecule has 0 bridgehead atoms. The second-order valence-electron chi connectivity index (χ2n) is 5.22. The van der Waals surface area contributed by atoms with E-state index in [4.69, 9.17) is 5.73 Å². The summed E-state index contributed by atoms with van der Waals surface area (Å²) in [6.07, 6.45) is -3.90. The average molecular weight is 267 g/mol. The van der Waals surface area contributed by atoms with Crippen LogP contribution in [0.2, 0.25) is 0 Å². The Morgan fingerprint density at radius 3 is 1.83 bits per heavy atom. The van der Waals surface area contributed by atoms with Gasteiger partial charge >= 0.3 is 6.18 Å². The van der Waals surface area contributed by atoms with E-state index in [0.717, 1.165) is 0 Å². The van der Waals surface area contributed by atoms with Crippen LogP contribution in [-0.4, -0.2) is 60.3 Å². The van der Waals surface area contributed by atoms with Gasteiger partial charge in [0.25, 0.3) is 0 Å². The SMILES string of the molecule is CCC(N)C(N1CCN(C(C)C)CC1)C(F)(F)F. The second kappa shape index (κ2) is 6.21. The van der Waals surface area contributed by atoms with Gasteiger partial charge in [0.2, 0.25) is 0 Å². The van der Waals surface area contributed by atoms with E-state index >= 15 is 0 Å². The molecule has 18 heavy (non-hydrogen) atoms. The number of nitrogens with two attached hydrogens (primary N) is 1. The summed E-state index contributed by atoms with van der Waals surface area (Å²) >= 11 is 0. The zero-order valence-electron chi connectivity index (χ0n) is 11.4. The van der Waals surface area contributed by atoms with Crippen LogP contribution < -0.4 is 5.73 Å². The van der Waals surface area contributed by atoms with Crippen LogP contribution >= 0.6 is 0 Å². The Kier molecular flexibility index (Phi) is 5.43. The van der Waals surface area contributed by atoms with E-state index in [0.29, 0.717) is 38.6 Å². The predicted octanol–water partition coefficient (Wildman–Crippen LogP) is 1.68. The third kappa shape index (κ3) is 3.83. The van der Waals surface area contributed by atoms with Crippen molar-refractivity contribution in [2.45, 2.75) is 51.5 Å². The molecule has 0 aromatic rings. The minimum atomic E-state index is -4.24. The molecule has 1 heterocycles. The lowest BCUT2D eigenvalue weighted by Gasteiger charge is -2.42. The zero-order valence-corrected chi connectivity index (χ0v) is 11.4. The van der Waals surface area contributed by atoms with Crippen LogP contribution in [0.4, 0.5) is 13.2 Å². The van der Waals surface area contributed by atoms with Crippen molar-refractivity contribution in [3.63, 3.8) is 0 Å². The first-order chi connectivity index (χ1) is 8.27. The Morgan fingerprint density at radius 2 is 1.50 bits per heavy atom. The molecule has 2 N–H and O–H groups in total. The fourth-order valence-corrected chi connectivity index (χ4v) is 2.48. The molecular weight excluding hydrogens is 243 g/mol. The van der Waals surface area contributed by atoms with Crippen LogP contribution in [0.5, 0.6) is 0 Å². The number of alkyl halides is 3. The molecule has 0 radical (unpaired) electrons. The predicted molar refractivity (Wildman–Crippen MR) is 66.4 cm³/mol. The Bertz CT molecular complexity index is 247. The molecule has 1 saturated heterocycles. The first-order valence-electron chi connectivity index (χ1n) is 6.57. The van der Waals surface area contributed by atoms with E-state index in [2.05, 4.69) is 18.7 Å². The molecule has 1 aliphatic rings. The molecule has 0 spiro atoms. The molecule has 108 valence electrons. The van der Waals surface area contributed by atoms with Crippen molar-refractivity contribution >= 4 is 0 Å². The molecule has 1 aliphatic heterocycles. The van der Waals surface area contributed by atoms with Crippen LogP contribution in [0.15, 0.2) is 0 Å². The van der Waals surface area contributed by atoms with E-state index in [1.54, 1.807) is 6.92 Å². The van der Waals surface area contributed by atoms with Gasteiger partial charge in [0.15, 0.2) is 0 Å². The lowest BCUT2D eigenvalue weighted by Crippen LogP contribution is -2.61. The summed E-state index contributed by atoms with van der Waals surface area (Å²) < 4.78 is 39.2. The van der Waals surface area contributed by atoms with Crippen molar-refractivity contribution in [2.24, 2.45) is 5.73 Å². The minimum absolute atomic E-state index is 0.342. The summed E-state index contributed by atoms with van der Waals surface area (Å²) in [5.74, 6) is 0. The maximum absolute atomic E-state index is 13.1. The van der Waals surface area contributed by atoms with Gasteiger partial charge in [-0.2, -0.15) is 13.2 Å². The van der Waals surface area contributed by atoms with Gasteiger partial charge in [-0.05, 0) is 20.3 Å². The van der Waals surface area contributed by atoms with Crippen molar-refractivity contribution in [1.29, 1.82) is 0 Å². The normalized spacial score (nSPS) is 23.3. The lowest BCUT2D eigenvalue weighted by atomic mass is 10.0. The highest BCUT2D eigenvalue weighted by Gasteiger charge is 2.47. The van der Waals surface area contributed by atoms with Crippen molar-refractivity contribution < 1.29 is 13.2 Å². The number of nitrogens with zero attached hydrogens (tertiary/aromatic N) is 2. The van der Waals surface area contributed by atoms with Crippen LogP contribution in [-0.2, 0) is 0 Å². The van der Waals surface area contributed by atoms with Crippen molar-refractivity contribution in [1.82, 2.24) is 9.80 Å². The average Bonchev–Trinajstić information content (AvgIpc) is 2.27. The van der Waals surface area contributed by atoms with Crippen LogP contribution in [0, 0.1) is 0 Å². The molecule has 1 fully saturated rings. The topological polar surface area (TPSA) is 32.5 Å². The molecule has 0 amide bonds. The van der Waals surface area contributed by atoms with Gasteiger partial charge in [0.1, 0.15) is 6.04 Å². The fraction of sp³-hybridized carbons (Fsp3) is 1.00. The Balaban J connectivity index is 2.67. The number of hydrogen-bond acceptors (Lipinski definition) is 3. The Hall–Kier alpha value is -0.330. The van der Waals surface area contributed by atoms with Gasteiger partial charge in [-0.25, -0.2) is 0 Å². The van der Waals surface area contributed by atoms with Gasteiger partial charge in [-0.3, -0.25) is 9.80 Å². The molecular formula is C12H24F3N3. The molecule has 3 nitrogen and oxygen atoms in total. The third-order valence-electron chi connectivity index (χ3n) is 3.68. The van der Waals surface area contributed by atoms with Crippen LogP contribution in [0.3, 0.4) is 0 Å². The van der Waals surface area contributed by atoms with Crippen molar-refractivity contribution in [2.75, 3.05) is 26.2 Å². The van der Waals surface area contributed by atoms with Gasteiger partial charge in [-0.1, -0.05) is 6.92 Å². The first kappa shape index (κ1) is 15.7. The van der Waals surface area contributed by atoms with E-state index in [1.165, 1.54) is 4.90 Å². The monoisotopic (exact) mass is 267 g/mol. The van der Waals surface area contributed by atoms with Gasteiger partial charge in [-0.15, -0.1) is 0 Å². The quantitative estimate of drug-likeness (QED) is 0.841. The Morgan fingerprint density at radius 1 is 1.06 bits per heavy atom. The number of rotatable bonds is 4. The molecule has 0 saturated carbocycles. The highest BCUT2D eigenvalue weighted by Crippen LogP contribution is 2.28. The van der Waals surface area contributed by atoms with Crippen molar-refractivity contribution in [3.8, 4) is 0 Å². The number of piperazine rings is 1. The number of hydrogen-bond donors (Lipinski definition) is 1. The number of halogens is 3. The minimum Gasteiger partial charge on any atom is -0.326 e. The van der Waals surface area contributed by atoms with E-state index in [1.807, 2.05) is 0 Å². The van der Waals surface area contributed by atoms with Crippen molar-refractivity contribution in [3.05, 3.63) is 0 Å². The molecule has 2 unspecified atom stereocenters. The van der Waals surface area contributed by atoms with Crippen LogP contribution in [0.1, 0.15) is 27.2 Å². The summed E-state index contributed by atoms with van der Waals surface area (Å²) in [5, 5.41) is 0.